The maximum atomic E-state index is 13.1. The average Bonchev–Trinajstić information content (AvgIpc) is 3.36. The largest absolute Gasteiger partial charge is 0.504 e. The monoisotopic (exact) mass is 490 g/mol. The zero-order valence-electron chi connectivity index (χ0n) is 20.6. The van der Waals surface area contributed by atoms with Crippen molar-refractivity contribution in [2.45, 2.75) is 102 Å². The number of carbonyl (C=O) groups is 2. The molecule has 2 saturated heterocycles. The third-order valence-electron chi connectivity index (χ3n) is 7.38. The molecule has 3 aliphatic rings. The average molecular weight is 491 g/mol. The summed E-state index contributed by atoms with van der Waals surface area (Å²) in [6, 6.07) is 4.20. The Morgan fingerprint density at radius 1 is 1.03 bits per heavy atom. The van der Waals surface area contributed by atoms with Gasteiger partial charge >= 0.3 is 11.9 Å². The minimum Gasteiger partial charge on any atom is -0.504 e. The molecule has 1 saturated carbocycles. The molecule has 0 unspecified atom stereocenters. The second-order valence-electron chi connectivity index (χ2n) is 9.43. The van der Waals surface area contributed by atoms with Gasteiger partial charge in [0.25, 0.3) is 0 Å². The van der Waals surface area contributed by atoms with Crippen LogP contribution in [0.4, 0.5) is 0 Å². The predicted molar refractivity (Wildman–Crippen MR) is 124 cm³/mol. The lowest BCUT2D eigenvalue weighted by atomic mass is 9.79. The molecular formula is C26H34O9. The van der Waals surface area contributed by atoms with Crippen LogP contribution in [-0.4, -0.2) is 57.6 Å². The first-order chi connectivity index (χ1) is 16.6. The first-order valence-corrected chi connectivity index (χ1v) is 12.3. The van der Waals surface area contributed by atoms with Gasteiger partial charge in [-0.15, -0.1) is 0 Å². The van der Waals surface area contributed by atoms with Crippen LogP contribution in [0.1, 0.15) is 71.8 Å². The molecule has 9 nitrogen and oxygen atoms in total. The summed E-state index contributed by atoms with van der Waals surface area (Å²) in [6.45, 7) is 7.73. The Kier molecular flexibility index (Phi) is 6.87. The van der Waals surface area contributed by atoms with Crippen molar-refractivity contribution in [1.82, 2.24) is 0 Å². The maximum absolute atomic E-state index is 13.1. The molecule has 0 aromatic heterocycles. The Bertz CT molecular complexity index is 995. The summed E-state index contributed by atoms with van der Waals surface area (Å²) in [6.07, 6.45) is 3.41. The standard InChI is InChI=1S/C26H34O9/c1-5-25(6-2)32-20-15-24(23(30)34-26(7-3,8-4)35-24)14-19(22(20)33-25)31-21(29)12-10-16-9-11-17(27)18(28)13-16/h9-13,19-20,22,27-28H,5-8,14-15H2,1-4H3/b12-10+/t19-,20-,22+,24-/m1/s1. The van der Waals surface area contributed by atoms with E-state index >= 15 is 0 Å². The number of hydrogen-bond acceptors (Lipinski definition) is 9. The van der Waals surface area contributed by atoms with E-state index in [0.29, 0.717) is 31.2 Å². The van der Waals surface area contributed by atoms with Crippen LogP contribution in [0.2, 0.25) is 0 Å². The maximum Gasteiger partial charge on any atom is 0.341 e. The van der Waals surface area contributed by atoms with Crippen molar-refractivity contribution in [1.29, 1.82) is 0 Å². The highest BCUT2D eigenvalue weighted by Crippen LogP contribution is 2.51. The van der Waals surface area contributed by atoms with Gasteiger partial charge in [0.05, 0.1) is 6.10 Å². The first kappa shape index (κ1) is 25.5. The molecule has 1 spiro atoms. The molecule has 0 bridgehead atoms. The van der Waals surface area contributed by atoms with Crippen LogP contribution in [0.15, 0.2) is 24.3 Å². The summed E-state index contributed by atoms with van der Waals surface area (Å²) >= 11 is 0. The highest BCUT2D eigenvalue weighted by molar-refractivity contribution is 5.87. The van der Waals surface area contributed by atoms with Crippen LogP contribution < -0.4 is 0 Å². The lowest BCUT2D eigenvalue weighted by Gasteiger charge is -2.40. The number of phenols is 2. The lowest BCUT2D eigenvalue weighted by molar-refractivity contribution is -0.214. The van der Waals surface area contributed by atoms with E-state index < -0.39 is 47.4 Å². The molecule has 0 radical (unpaired) electrons. The summed E-state index contributed by atoms with van der Waals surface area (Å²) in [4.78, 5) is 25.9. The SMILES string of the molecule is CCC1(CC)O[C@H]2[C@H](OC(=O)/C=C/c3ccc(O)c(O)c3)C[C@]3(C[C@H]2O1)OC(CC)(CC)OC3=O. The fourth-order valence-corrected chi connectivity index (χ4v) is 5.18. The van der Waals surface area contributed by atoms with Crippen molar-refractivity contribution in [3.63, 3.8) is 0 Å². The number of ether oxygens (including phenoxy) is 5. The third-order valence-corrected chi connectivity index (χ3v) is 7.38. The van der Waals surface area contributed by atoms with Gasteiger partial charge in [0.15, 0.2) is 22.9 Å². The van der Waals surface area contributed by atoms with Crippen LogP contribution in [0.25, 0.3) is 6.08 Å². The smallest absolute Gasteiger partial charge is 0.341 e. The minimum absolute atomic E-state index is 0.0984. The number of esters is 2. The first-order valence-electron chi connectivity index (χ1n) is 12.3. The number of hydrogen-bond donors (Lipinski definition) is 2. The Hall–Kier alpha value is -2.62. The van der Waals surface area contributed by atoms with Crippen LogP contribution in [0, 0.1) is 0 Å². The summed E-state index contributed by atoms with van der Waals surface area (Å²) in [7, 11) is 0. The molecule has 1 aromatic carbocycles. The number of carbonyl (C=O) groups excluding carboxylic acids is 2. The number of fused-ring (bicyclic) bond motifs is 1. The summed E-state index contributed by atoms with van der Waals surface area (Å²) in [5, 5.41) is 19.1. The summed E-state index contributed by atoms with van der Waals surface area (Å²) < 4.78 is 30.5. The zero-order chi connectivity index (χ0) is 25.4. The Balaban J connectivity index is 1.58. The number of cyclic esters (lactones) is 1. The molecule has 2 N–H and O–H groups in total. The number of aromatic hydroxyl groups is 2. The van der Waals surface area contributed by atoms with Gasteiger partial charge in [-0.05, 0) is 36.6 Å². The molecule has 35 heavy (non-hydrogen) atoms. The second kappa shape index (κ2) is 9.44. The second-order valence-corrected chi connectivity index (χ2v) is 9.43. The van der Waals surface area contributed by atoms with E-state index in [1.54, 1.807) is 6.07 Å². The minimum atomic E-state index is -1.29. The molecule has 192 valence electrons. The van der Waals surface area contributed by atoms with Gasteiger partial charge in [-0.2, -0.15) is 0 Å². The molecule has 2 aliphatic heterocycles. The molecule has 9 heteroatoms. The van der Waals surface area contributed by atoms with E-state index in [1.165, 1.54) is 24.3 Å². The Morgan fingerprint density at radius 2 is 1.71 bits per heavy atom. The van der Waals surface area contributed by atoms with E-state index in [1.807, 2.05) is 27.7 Å². The molecule has 2 heterocycles. The normalized spacial score (nSPS) is 31.0. The molecule has 4 rings (SSSR count). The van der Waals surface area contributed by atoms with Crippen molar-refractivity contribution in [2.75, 3.05) is 0 Å². The number of rotatable bonds is 7. The number of phenolic OH excluding ortho intramolecular Hbond substituents is 2. The van der Waals surface area contributed by atoms with Gasteiger partial charge in [-0.25, -0.2) is 9.59 Å². The fourth-order valence-electron chi connectivity index (χ4n) is 5.18. The van der Waals surface area contributed by atoms with Crippen LogP contribution >= 0.6 is 0 Å². The quantitative estimate of drug-likeness (QED) is 0.332. The Labute approximate surface area is 205 Å². The van der Waals surface area contributed by atoms with Crippen molar-refractivity contribution < 1.29 is 43.5 Å². The fraction of sp³-hybridized carbons (Fsp3) is 0.615. The van der Waals surface area contributed by atoms with Gasteiger partial charge < -0.3 is 33.9 Å². The van der Waals surface area contributed by atoms with Crippen molar-refractivity contribution in [3.05, 3.63) is 29.8 Å². The van der Waals surface area contributed by atoms with Gasteiger partial charge in [-0.1, -0.05) is 33.8 Å². The topological polar surface area (TPSA) is 121 Å². The van der Waals surface area contributed by atoms with Gasteiger partial charge in [0, 0.05) is 31.8 Å². The van der Waals surface area contributed by atoms with E-state index in [-0.39, 0.29) is 24.3 Å². The van der Waals surface area contributed by atoms with E-state index in [0.717, 1.165) is 0 Å². The molecule has 3 fully saturated rings. The van der Waals surface area contributed by atoms with Crippen molar-refractivity contribution in [3.8, 4) is 11.5 Å². The lowest BCUT2D eigenvalue weighted by Crippen LogP contribution is -2.55. The van der Waals surface area contributed by atoms with Crippen LogP contribution in [-0.2, 0) is 33.3 Å². The highest BCUT2D eigenvalue weighted by Gasteiger charge is 2.65. The van der Waals surface area contributed by atoms with Crippen molar-refractivity contribution in [2.24, 2.45) is 0 Å². The molecule has 0 amide bonds. The Morgan fingerprint density at radius 3 is 2.31 bits per heavy atom. The van der Waals surface area contributed by atoms with Crippen LogP contribution in [0.5, 0.6) is 11.5 Å². The van der Waals surface area contributed by atoms with Gasteiger partial charge in [0.1, 0.15) is 12.2 Å². The van der Waals surface area contributed by atoms with E-state index in [4.69, 9.17) is 23.7 Å². The zero-order valence-corrected chi connectivity index (χ0v) is 20.6. The molecule has 4 atom stereocenters. The summed E-state index contributed by atoms with van der Waals surface area (Å²) in [5.74, 6) is -3.49. The summed E-state index contributed by atoms with van der Waals surface area (Å²) in [5.41, 5.74) is -0.782. The van der Waals surface area contributed by atoms with E-state index in [2.05, 4.69) is 0 Å². The number of benzene rings is 1. The molecular weight excluding hydrogens is 456 g/mol. The van der Waals surface area contributed by atoms with Crippen molar-refractivity contribution >= 4 is 18.0 Å². The third kappa shape index (κ3) is 4.64. The highest BCUT2D eigenvalue weighted by atomic mass is 16.8. The van der Waals surface area contributed by atoms with Gasteiger partial charge in [0.2, 0.25) is 5.79 Å². The molecule has 1 aromatic rings. The molecule has 1 aliphatic carbocycles. The van der Waals surface area contributed by atoms with E-state index in [9.17, 15) is 19.8 Å². The van der Waals surface area contributed by atoms with Gasteiger partial charge in [-0.3, -0.25) is 0 Å². The van der Waals surface area contributed by atoms with Crippen LogP contribution in [0.3, 0.4) is 0 Å². The predicted octanol–water partition coefficient (Wildman–Crippen LogP) is 3.95.